The van der Waals surface area contributed by atoms with Gasteiger partial charge in [-0.2, -0.15) is 0 Å². The fraction of sp³-hybridized carbons (Fsp3) is 0.533. The molecule has 1 N–H and O–H groups in total. The Balaban J connectivity index is 2.14. The van der Waals surface area contributed by atoms with Gasteiger partial charge in [-0.25, -0.2) is 0 Å². The lowest BCUT2D eigenvalue weighted by atomic mass is 9.80. The number of nitrogens with one attached hydrogen (secondary N) is 1. The van der Waals surface area contributed by atoms with Crippen LogP contribution >= 0.6 is 15.9 Å². The average molecular weight is 355 g/mol. The maximum absolute atomic E-state index is 12.4. The highest BCUT2D eigenvalue weighted by molar-refractivity contribution is 9.10. The number of hydrogen-bond acceptors (Lipinski definition) is 3. The van der Waals surface area contributed by atoms with Crippen molar-refractivity contribution in [1.29, 1.82) is 0 Å². The van der Waals surface area contributed by atoms with Crippen molar-refractivity contribution in [2.24, 2.45) is 11.8 Å². The van der Waals surface area contributed by atoms with Gasteiger partial charge in [0.1, 0.15) is 4.47 Å². The first-order valence-corrected chi connectivity index (χ1v) is 7.93. The summed E-state index contributed by atoms with van der Waals surface area (Å²) in [5.41, 5.74) is 0.225. The second kappa shape index (κ2) is 6.56. The van der Waals surface area contributed by atoms with E-state index in [0.29, 0.717) is 17.4 Å². The van der Waals surface area contributed by atoms with E-state index >= 15 is 0 Å². The Morgan fingerprint density at radius 1 is 1.38 bits per heavy atom. The normalized spacial score (nSPS) is 25.4. The van der Waals surface area contributed by atoms with Crippen LogP contribution in [0, 0.1) is 22.0 Å². The molecule has 2 rings (SSSR count). The largest absolute Gasteiger partial charge is 0.349 e. The van der Waals surface area contributed by atoms with Crippen LogP contribution in [0.25, 0.3) is 0 Å². The van der Waals surface area contributed by atoms with Crippen molar-refractivity contribution in [2.75, 3.05) is 0 Å². The van der Waals surface area contributed by atoms with Crippen molar-refractivity contribution >= 4 is 27.5 Å². The van der Waals surface area contributed by atoms with Crippen LogP contribution in [0.2, 0.25) is 0 Å². The number of halogens is 1. The average Bonchev–Trinajstić information content (AvgIpc) is 2.41. The minimum atomic E-state index is -0.494. The van der Waals surface area contributed by atoms with E-state index in [-0.39, 0.29) is 22.1 Å². The molecule has 1 aromatic rings. The van der Waals surface area contributed by atoms with Gasteiger partial charge < -0.3 is 5.32 Å². The Bertz CT molecular complexity index is 562. The number of carbonyl (C=O) groups excluding carboxylic acids is 1. The van der Waals surface area contributed by atoms with E-state index in [1.54, 1.807) is 6.07 Å². The topological polar surface area (TPSA) is 72.2 Å². The molecule has 0 spiro atoms. The first-order valence-electron chi connectivity index (χ1n) is 7.14. The predicted octanol–water partition coefficient (Wildman–Crippen LogP) is 3.91. The zero-order valence-corrected chi connectivity index (χ0v) is 13.7. The van der Waals surface area contributed by atoms with Gasteiger partial charge in [-0.1, -0.05) is 19.9 Å². The monoisotopic (exact) mass is 354 g/mol. The number of benzene rings is 1. The molecule has 1 aliphatic rings. The molecule has 0 aliphatic heterocycles. The molecule has 1 saturated carbocycles. The molecule has 114 valence electrons. The minimum Gasteiger partial charge on any atom is -0.349 e. The van der Waals surface area contributed by atoms with Crippen LogP contribution in [0.3, 0.4) is 0 Å². The lowest BCUT2D eigenvalue weighted by Gasteiger charge is -2.33. The van der Waals surface area contributed by atoms with E-state index in [2.05, 4.69) is 35.1 Å². The van der Waals surface area contributed by atoms with E-state index in [1.165, 1.54) is 12.1 Å². The molecular weight excluding hydrogens is 336 g/mol. The molecule has 3 unspecified atom stereocenters. The molecular formula is C15H19BrN2O3. The van der Waals surface area contributed by atoms with E-state index in [1.807, 2.05) is 0 Å². The lowest BCUT2D eigenvalue weighted by molar-refractivity contribution is -0.385. The summed E-state index contributed by atoms with van der Waals surface area (Å²) in [6, 6.07) is 4.65. The van der Waals surface area contributed by atoms with Crippen LogP contribution in [0.15, 0.2) is 22.7 Å². The van der Waals surface area contributed by atoms with E-state index in [4.69, 9.17) is 0 Å². The highest BCUT2D eigenvalue weighted by Gasteiger charge is 2.28. The summed E-state index contributed by atoms with van der Waals surface area (Å²) in [6.07, 6.45) is 3.16. The minimum absolute atomic E-state index is 0.0898. The van der Waals surface area contributed by atoms with Crippen LogP contribution in [-0.2, 0) is 0 Å². The first-order chi connectivity index (χ1) is 9.90. The summed E-state index contributed by atoms with van der Waals surface area (Å²) in [6.45, 7) is 4.37. The molecule has 0 heterocycles. The summed E-state index contributed by atoms with van der Waals surface area (Å²) in [7, 11) is 0. The quantitative estimate of drug-likeness (QED) is 0.660. The number of nitro benzene ring substituents is 1. The van der Waals surface area contributed by atoms with Crippen LogP contribution in [-0.4, -0.2) is 16.9 Å². The molecule has 0 radical (unpaired) electrons. The number of carbonyl (C=O) groups is 1. The fourth-order valence-electron chi connectivity index (χ4n) is 2.96. The van der Waals surface area contributed by atoms with Gasteiger partial charge in [0.25, 0.3) is 11.6 Å². The lowest BCUT2D eigenvalue weighted by Crippen LogP contribution is -2.42. The van der Waals surface area contributed by atoms with Crippen molar-refractivity contribution in [1.82, 2.24) is 5.32 Å². The van der Waals surface area contributed by atoms with Crippen LogP contribution in [0.4, 0.5) is 5.69 Å². The Kier molecular flexibility index (Phi) is 4.98. The van der Waals surface area contributed by atoms with Crippen molar-refractivity contribution in [3.8, 4) is 0 Å². The molecule has 1 aliphatic carbocycles. The van der Waals surface area contributed by atoms with Crippen molar-refractivity contribution in [2.45, 2.75) is 39.2 Å². The maximum atomic E-state index is 12.4. The summed E-state index contributed by atoms with van der Waals surface area (Å²) in [5.74, 6) is 0.866. The maximum Gasteiger partial charge on any atom is 0.284 e. The summed E-state index contributed by atoms with van der Waals surface area (Å²) in [5, 5.41) is 13.9. The van der Waals surface area contributed by atoms with Gasteiger partial charge >= 0.3 is 0 Å². The second-order valence-corrected chi connectivity index (χ2v) is 6.66. The van der Waals surface area contributed by atoms with Gasteiger partial charge in [-0.05, 0) is 53.1 Å². The fourth-order valence-corrected chi connectivity index (χ4v) is 3.55. The van der Waals surface area contributed by atoms with Crippen LogP contribution < -0.4 is 5.32 Å². The van der Waals surface area contributed by atoms with Gasteiger partial charge in [0.05, 0.1) is 10.5 Å². The first kappa shape index (κ1) is 15.9. The Labute approximate surface area is 132 Å². The molecule has 6 heteroatoms. The highest BCUT2D eigenvalue weighted by atomic mass is 79.9. The zero-order valence-electron chi connectivity index (χ0n) is 12.1. The Morgan fingerprint density at radius 2 is 2.10 bits per heavy atom. The highest BCUT2D eigenvalue weighted by Crippen LogP contribution is 2.31. The van der Waals surface area contributed by atoms with E-state index < -0.39 is 4.92 Å². The molecule has 0 bridgehead atoms. The van der Waals surface area contributed by atoms with Gasteiger partial charge in [0, 0.05) is 12.1 Å². The molecule has 0 aromatic heterocycles. The molecule has 5 nitrogen and oxygen atoms in total. The van der Waals surface area contributed by atoms with Gasteiger partial charge in [-0.15, -0.1) is 0 Å². The number of amides is 1. The Hall–Kier alpha value is -1.43. The third-order valence-electron chi connectivity index (χ3n) is 4.17. The van der Waals surface area contributed by atoms with Gasteiger partial charge in [0.2, 0.25) is 0 Å². The summed E-state index contributed by atoms with van der Waals surface area (Å²) >= 11 is 3.17. The van der Waals surface area contributed by atoms with Gasteiger partial charge in [-0.3, -0.25) is 14.9 Å². The van der Waals surface area contributed by atoms with Crippen molar-refractivity contribution in [3.05, 3.63) is 38.3 Å². The number of rotatable bonds is 3. The number of hydrogen-bond donors (Lipinski definition) is 1. The van der Waals surface area contributed by atoms with Crippen LogP contribution in [0.1, 0.15) is 43.5 Å². The number of nitrogens with zero attached hydrogens (tertiary/aromatic N) is 1. The van der Waals surface area contributed by atoms with Gasteiger partial charge in [0.15, 0.2) is 0 Å². The Morgan fingerprint density at radius 3 is 2.71 bits per heavy atom. The van der Waals surface area contributed by atoms with Crippen molar-refractivity contribution < 1.29 is 9.72 Å². The zero-order chi connectivity index (χ0) is 15.6. The SMILES string of the molecule is CC1CCC(NC(=O)c2cccc([N+](=O)[O-])c2Br)C(C)C1. The summed E-state index contributed by atoms with van der Waals surface area (Å²) in [4.78, 5) is 22.8. The third-order valence-corrected chi connectivity index (χ3v) is 5.00. The second-order valence-electron chi connectivity index (χ2n) is 5.87. The van der Waals surface area contributed by atoms with E-state index in [0.717, 1.165) is 19.3 Å². The molecule has 3 atom stereocenters. The van der Waals surface area contributed by atoms with Crippen LogP contribution in [0.5, 0.6) is 0 Å². The molecule has 0 saturated heterocycles. The molecule has 21 heavy (non-hydrogen) atoms. The molecule has 1 aromatic carbocycles. The van der Waals surface area contributed by atoms with Crippen molar-refractivity contribution in [3.63, 3.8) is 0 Å². The molecule has 1 fully saturated rings. The third kappa shape index (κ3) is 3.61. The summed E-state index contributed by atoms with van der Waals surface area (Å²) < 4.78 is 0.240. The molecule has 1 amide bonds. The standard InChI is InChI=1S/C15H19BrN2O3/c1-9-6-7-12(10(2)8-9)17-15(19)11-4-3-5-13(14(11)16)18(20)21/h3-5,9-10,12H,6-8H2,1-2H3,(H,17,19). The predicted molar refractivity (Wildman–Crippen MR) is 84.2 cm³/mol. The smallest absolute Gasteiger partial charge is 0.284 e. The number of nitro groups is 1. The van der Waals surface area contributed by atoms with E-state index in [9.17, 15) is 14.9 Å².